The molecular formula is C24H25FN4O2. The molecule has 0 atom stereocenters. The molecule has 0 saturated carbocycles. The Hall–Kier alpha value is -3.35. The highest BCUT2D eigenvalue weighted by Gasteiger charge is 2.23. The molecule has 0 unspecified atom stereocenters. The molecule has 4 rings (SSSR count). The van der Waals surface area contributed by atoms with Gasteiger partial charge in [-0.15, -0.1) is 10.2 Å². The molecule has 1 aliphatic heterocycles. The zero-order valence-corrected chi connectivity index (χ0v) is 17.3. The van der Waals surface area contributed by atoms with Gasteiger partial charge in [0, 0.05) is 31.5 Å². The number of hydrogen-bond donors (Lipinski definition) is 1. The van der Waals surface area contributed by atoms with E-state index in [0.717, 1.165) is 32.4 Å². The van der Waals surface area contributed by atoms with Gasteiger partial charge >= 0.3 is 0 Å². The van der Waals surface area contributed by atoms with Crippen LogP contribution in [0.1, 0.15) is 30.5 Å². The van der Waals surface area contributed by atoms with Crippen LogP contribution in [0.3, 0.4) is 0 Å². The van der Waals surface area contributed by atoms with Gasteiger partial charge in [0.05, 0.1) is 0 Å². The van der Waals surface area contributed by atoms with Crippen LogP contribution in [-0.2, 0) is 17.6 Å². The van der Waals surface area contributed by atoms with Crippen LogP contribution >= 0.6 is 0 Å². The fourth-order valence-corrected chi connectivity index (χ4v) is 4.01. The Kier molecular flexibility index (Phi) is 6.50. The van der Waals surface area contributed by atoms with Crippen molar-refractivity contribution in [3.63, 3.8) is 0 Å². The van der Waals surface area contributed by atoms with Crippen LogP contribution in [0.2, 0.25) is 0 Å². The van der Waals surface area contributed by atoms with Crippen molar-refractivity contribution in [3.05, 3.63) is 82.0 Å². The third kappa shape index (κ3) is 5.42. The van der Waals surface area contributed by atoms with Gasteiger partial charge in [0.2, 0.25) is 5.91 Å². The second kappa shape index (κ2) is 9.64. The first kappa shape index (κ1) is 20.9. The monoisotopic (exact) mass is 420 g/mol. The summed E-state index contributed by atoms with van der Waals surface area (Å²) in [4.78, 5) is 29.4. The Morgan fingerprint density at radius 2 is 1.84 bits per heavy atom. The van der Waals surface area contributed by atoms with Crippen LogP contribution in [0.4, 0.5) is 4.39 Å². The van der Waals surface area contributed by atoms with Crippen molar-refractivity contribution >= 4 is 5.91 Å². The van der Waals surface area contributed by atoms with Crippen LogP contribution in [0, 0.1) is 11.7 Å². The lowest BCUT2D eigenvalue weighted by atomic mass is 9.90. The summed E-state index contributed by atoms with van der Waals surface area (Å²) >= 11 is 0. The summed E-state index contributed by atoms with van der Waals surface area (Å²) in [6.45, 7) is 1.49. The summed E-state index contributed by atoms with van der Waals surface area (Å²) in [5.41, 5.74) is 1.61. The third-order valence-corrected chi connectivity index (χ3v) is 5.77. The van der Waals surface area contributed by atoms with Gasteiger partial charge in [-0.1, -0.05) is 42.5 Å². The van der Waals surface area contributed by atoms with Crippen molar-refractivity contribution in [1.82, 2.24) is 20.1 Å². The lowest BCUT2D eigenvalue weighted by Gasteiger charge is -2.32. The average Bonchev–Trinajstić information content (AvgIpc) is 2.79. The highest BCUT2D eigenvalue weighted by Crippen LogP contribution is 2.22. The van der Waals surface area contributed by atoms with Gasteiger partial charge in [-0.25, -0.2) is 4.39 Å². The highest BCUT2D eigenvalue weighted by atomic mass is 19.1. The summed E-state index contributed by atoms with van der Waals surface area (Å²) < 4.78 is 13.4. The number of carbonyl (C=O) groups is 1. The molecule has 1 fully saturated rings. The maximum Gasteiger partial charge on any atom is 0.273 e. The number of likely N-dealkylation sites (tertiary alicyclic amines) is 1. The van der Waals surface area contributed by atoms with Gasteiger partial charge in [0.25, 0.3) is 5.56 Å². The average molecular weight is 420 g/mol. The number of aromatic nitrogens is 3. The van der Waals surface area contributed by atoms with Crippen LogP contribution in [-0.4, -0.2) is 39.1 Å². The maximum absolute atomic E-state index is 13.4. The molecule has 0 radical (unpaired) electrons. The minimum Gasteiger partial charge on any atom is -0.343 e. The van der Waals surface area contributed by atoms with E-state index in [9.17, 15) is 14.0 Å². The molecule has 160 valence electrons. The van der Waals surface area contributed by atoms with E-state index in [0.29, 0.717) is 11.5 Å². The molecule has 1 saturated heterocycles. The van der Waals surface area contributed by atoms with E-state index < -0.39 is 11.4 Å². The Morgan fingerprint density at radius 3 is 2.55 bits per heavy atom. The third-order valence-electron chi connectivity index (χ3n) is 5.77. The number of amides is 1. The van der Waals surface area contributed by atoms with Gasteiger partial charge in [-0.05, 0) is 42.9 Å². The fourth-order valence-electron chi connectivity index (χ4n) is 4.01. The van der Waals surface area contributed by atoms with Crippen LogP contribution < -0.4 is 5.56 Å². The number of benzene rings is 2. The number of nitrogens with one attached hydrogen (secondary N) is 1. The normalized spacial score (nSPS) is 14.5. The molecule has 1 N–H and O–H groups in total. The van der Waals surface area contributed by atoms with Crippen LogP contribution in [0.15, 0.2) is 59.4 Å². The summed E-state index contributed by atoms with van der Waals surface area (Å²) in [7, 11) is 0. The minimum absolute atomic E-state index is 0.0357. The number of aryl methyl sites for hydroxylation is 1. The maximum atomic E-state index is 13.4. The predicted octanol–water partition coefficient (Wildman–Crippen LogP) is 3.38. The molecule has 31 heavy (non-hydrogen) atoms. The molecule has 1 aliphatic rings. The molecule has 1 aromatic heterocycles. The summed E-state index contributed by atoms with van der Waals surface area (Å²) in [6.07, 6.45) is 3.48. The van der Waals surface area contributed by atoms with Crippen molar-refractivity contribution in [1.29, 1.82) is 0 Å². The van der Waals surface area contributed by atoms with Crippen LogP contribution in [0.5, 0.6) is 0 Å². The van der Waals surface area contributed by atoms with E-state index in [4.69, 9.17) is 0 Å². The molecule has 7 heteroatoms. The van der Waals surface area contributed by atoms with E-state index >= 15 is 0 Å². The molecule has 6 nitrogen and oxygen atoms in total. The minimum atomic E-state index is -0.414. The SMILES string of the molecule is O=C(CCc1nnc(-c2cccc(F)c2)[nH]c1=O)N1CCC(Cc2ccccc2)CC1. The first-order chi connectivity index (χ1) is 15.1. The fraction of sp³-hybridized carbons (Fsp3) is 0.333. The van der Waals surface area contributed by atoms with Gasteiger partial charge in [-0.2, -0.15) is 0 Å². The van der Waals surface area contributed by atoms with Crippen molar-refractivity contribution in [2.75, 3.05) is 13.1 Å². The zero-order chi connectivity index (χ0) is 21.6. The molecule has 0 aliphatic carbocycles. The molecule has 2 aromatic carbocycles. The van der Waals surface area contributed by atoms with Gasteiger partial charge < -0.3 is 9.88 Å². The molecule has 0 bridgehead atoms. The first-order valence-corrected chi connectivity index (χ1v) is 10.6. The van der Waals surface area contributed by atoms with E-state index in [1.165, 1.54) is 17.7 Å². The van der Waals surface area contributed by atoms with Crippen LogP contribution in [0.25, 0.3) is 11.4 Å². The molecule has 1 amide bonds. The van der Waals surface area contributed by atoms with Crippen molar-refractivity contribution in [3.8, 4) is 11.4 Å². The summed E-state index contributed by atoms with van der Waals surface area (Å²) in [6, 6.07) is 16.2. The quantitative estimate of drug-likeness (QED) is 0.663. The number of aromatic amines is 1. The van der Waals surface area contributed by atoms with E-state index in [1.807, 2.05) is 11.0 Å². The van der Waals surface area contributed by atoms with Crippen molar-refractivity contribution in [2.24, 2.45) is 5.92 Å². The highest BCUT2D eigenvalue weighted by molar-refractivity contribution is 5.76. The first-order valence-electron chi connectivity index (χ1n) is 10.6. The number of halogens is 1. The number of H-pyrrole nitrogens is 1. The number of carbonyl (C=O) groups excluding carboxylic acids is 1. The molecule has 2 heterocycles. The number of nitrogens with zero attached hydrogens (tertiary/aromatic N) is 3. The lowest BCUT2D eigenvalue weighted by Crippen LogP contribution is -2.39. The van der Waals surface area contributed by atoms with E-state index in [-0.39, 0.29) is 30.3 Å². The standard InChI is InChI=1S/C24H25FN4O2/c25-20-8-4-7-19(16-20)23-26-24(31)21(27-28-23)9-10-22(30)29-13-11-18(12-14-29)15-17-5-2-1-3-6-17/h1-8,16,18H,9-15H2,(H,26,28,31). The van der Waals surface area contributed by atoms with Gasteiger partial charge in [0.15, 0.2) is 5.82 Å². The topological polar surface area (TPSA) is 79.0 Å². The Morgan fingerprint density at radius 1 is 1.06 bits per heavy atom. The number of rotatable bonds is 6. The zero-order valence-electron chi connectivity index (χ0n) is 17.3. The van der Waals surface area contributed by atoms with E-state index in [1.54, 1.807) is 12.1 Å². The second-order valence-electron chi connectivity index (χ2n) is 7.97. The second-order valence-corrected chi connectivity index (χ2v) is 7.97. The molecular weight excluding hydrogens is 395 g/mol. The Bertz CT molecular complexity index is 1090. The Balaban J connectivity index is 1.28. The molecule has 0 spiro atoms. The van der Waals surface area contributed by atoms with Gasteiger partial charge in [-0.3, -0.25) is 9.59 Å². The predicted molar refractivity (Wildman–Crippen MR) is 116 cm³/mol. The molecule has 3 aromatic rings. The van der Waals surface area contributed by atoms with Gasteiger partial charge in [0.1, 0.15) is 11.5 Å². The largest absolute Gasteiger partial charge is 0.343 e. The van der Waals surface area contributed by atoms with E-state index in [2.05, 4.69) is 39.4 Å². The Labute approximate surface area is 180 Å². The number of hydrogen-bond acceptors (Lipinski definition) is 4. The summed E-state index contributed by atoms with van der Waals surface area (Å²) in [5, 5.41) is 7.97. The van der Waals surface area contributed by atoms with Crippen molar-refractivity contribution < 1.29 is 9.18 Å². The summed E-state index contributed by atoms with van der Waals surface area (Å²) in [5.74, 6) is 0.423. The van der Waals surface area contributed by atoms with Crippen molar-refractivity contribution in [2.45, 2.75) is 32.1 Å². The smallest absolute Gasteiger partial charge is 0.273 e. The lowest BCUT2D eigenvalue weighted by molar-refractivity contribution is -0.132. The number of piperidine rings is 1.